The fraction of sp³-hybridized carbons (Fsp3) is 0.750. The SMILES string of the molecule is CC1(C(=O)Cc2ccn(C3CCCC3)n2)CCCCO1. The number of hydrogen-bond donors (Lipinski definition) is 0. The third-order valence-corrected chi connectivity index (χ3v) is 4.76. The highest BCUT2D eigenvalue weighted by atomic mass is 16.5. The van der Waals surface area contributed by atoms with Crippen molar-refractivity contribution in [2.24, 2.45) is 0 Å². The van der Waals surface area contributed by atoms with Crippen LogP contribution in [0, 0.1) is 0 Å². The Morgan fingerprint density at radius 1 is 1.40 bits per heavy atom. The first-order chi connectivity index (χ1) is 9.67. The van der Waals surface area contributed by atoms with Gasteiger partial charge in [0.05, 0.1) is 18.2 Å². The first-order valence-corrected chi connectivity index (χ1v) is 7.89. The summed E-state index contributed by atoms with van der Waals surface area (Å²) in [5, 5.41) is 4.60. The number of rotatable bonds is 4. The van der Waals surface area contributed by atoms with E-state index in [9.17, 15) is 4.79 Å². The summed E-state index contributed by atoms with van der Waals surface area (Å²) in [6, 6.07) is 2.53. The van der Waals surface area contributed by atoms with Crippen molar-refractivity contribution >= 4 is 5.78 Å². The fourth-order valence-corrected chi connectivity index (χ4v) is 3.35. The van der Waals surface area contributed by atoms with Gasteiger partial charge in [0.2, 0.25) is 0 Å². The molecule has 1 aliphatic carbocycles. The Bertz CT molecular complexity index is 469. The van der Waals surface area contributed by atoms with E-state index in [-0.39, 0.29) is 5.78 Å². The molecule has 0 bridgehead atoms. The number of ketones is 1. The average Bonchev–Trinajstić information content (AvgIpc) is 3.09. The lowest BCUT2D eigenvalue weighted by molar-refractivity contribution is -0.147. The van der Waals surface area contributed by atoms with E-state index in [0.717, 1.165) is 25.0 Å². The standard InChI is InChI=1S/C16H24N2O2/c1-16(9-4-5-11-20-16)15(19)12-13-8-10-18(17-13)14-6-2-3-7-14/h8,10,14H,2-7,9,11-12H2,1H3. The highest BCUT2D eigenvalue weighted by molar-refractivity contribution is 5.88. The quantitative estimate of drug-likeness (QED) is 0.849. The number of Topliss-reactive ketones (excluding diaryl/α,β-unsaturated/α-hetero) is 1. The van der Waals surface area contributed by atoms with Crippen molar-refractivity contribution in [2.45, 2.75) is 69.9 Å². The predicted octanol–water partition coefficient (Wildman–Crippen LogP) is 3.07. The number of nitrogens with zero attached hydrogens (tertiary/aromatic N) is 2. The van der Waals surface area contributed by atoms with E-state index in [2.05, 4.69) is 9.78 Å². The van der Waals surface area contributed by atoms with Gasteiger partial charge in [-0.25, -0.2) is 0 Å². The van der Waals surface area contributed by atoms with E-state index in [4.69, 9.17) is 4.74 Å². The molecule has 1 unspecified atom stereocenters. The number of ether oxygens (including phenoxy) is 1. The largest absolute Gasteiger partial charge is 0.367 e. The molecule has 3 rings (SSSR count). The van der Waals surface area contributed by atoms with Gasteiger partial charge in [-0.05, 0) is 45.1 Å². The van der Waals surface area contributed by atoms with Crippen LogP contribution in [0.1, 0.15) is 63.6 Å². The van der Waals surface area contributed by atoms with Crippen LogP contribution in [0.5, 0.6) is 0 Å². The zero-order valence-electron chi connectivity index (χ0n) is 12.3. The van der Waals surface area contributed by atoms with Gasteiger partial charge in [0.15, 0.2) is 5.78 Å². The average molecular weight is 276 g/mol. The second-order valence-electron chi connectivity index (χ2n) is 6.36. The lowest BCUT2D eigenvalue weighted by Crippen LogP contribution is -2.42. The summed E-state index contributed by atoms with van der Waals surface area (Å²) in [7, 11) is 0. The molecule has 1 aliphatic heterocycles. The molecule has 4 nitrogen and oxygen atoms in total. The van der Waals surface area contributed by atoms with Crippen LogP contribution in [-0.2, 0) is 16.0 Å². The first kappa shape index (κ1) is 13.8. The molecule has 110 valence electrons. The van der Waals surface area contributed by atoms with Crippen molar-refractivity contribution in [3.8, 4) is 0 Å². The van der Waals surface area contributed by atoms with E-state index in [1.54, 1.807) is 0 Å². The molecule has 1 saturated carbocycles. The van der Waals surface area contributed by atoms with Crippen LogP contribution in [0.4, 0.5) is 0 Å². The maximum absolute atomic E-state index is 12.4. The van der Waals surface area contributed by atoms with Gasteiger partial charge in [0, 0.05) is 12.8 Å². The van der Waals surface area contributed by atoms with E-state index in [1.165, 1.54) is 25.7 Å². The normalized spacial score (nSPS) is 27.9. The Balaban J connectivity index is 1.63. The lowest BCUT2D eigenvalue weighted by Gasteiger charge is -2.32. The highest BCUT2D eigenvalue weighted by Crippen LogP contribution is 2.29. The molecule has 0 N–H and O–H groups in total. The monoisotopic (exact) mass is 276 g/mol. The summed E-state index contributed by atoms with van der Waals surface area (Å²) >= 11 is 0. The van der Waals surface area contributed by atoms with Crippen molar-refractivity contribution < 1.29 is 9.53 Å². The Morgan fingerprint density at radius 2 is 2.20 bits per heavy atom. The summed E-state index contributed by atoms with van der Waals surface area (Å²) in [6.07, 6.45) is 10.5. The summed E-state index contributed by atoms with van der Waals surface area (Å²) in [6.45, 7) is 2.64. The predicted molar refractivity (Wildman–Crippen MR) is 76.7 cm³/mol. The molecule has 1 aromatic heterocycles. The smallest absolute Gasteiger partial charge is 0.170 e. The van der Waals surface area contributed by atoms with Crippen LogP contribution in [0.3, 0.4) is 0 Å². The Hall–Kier alpha value is -1.16. The Kier molecular flexibility index (Phi) is 3.92. The molecule has 0 spiro atoms. The molecule has 2 heterocycles. The minimum atomic E-state index is -0.588. The maximum atomic E-state index is 12.4. The minimum absolute atomic E-state index is 0.175. The third kappa shape index (κ3) is 2.80. The Morgan fingerprint density at radius 3 is 2.90 bits per heavy atom. The fourth-order valence-electron chi connectivity index (χ4n) is 3.35. The number of carbonyl (C=O) groups is 1. The van der Waals surface area contributed by atoms with Gasteiger partial charge < -0.3 is 4.74 Å². The van der Waals surface area contributed by atoms with Crippen LogP contribution in [0.2, 0.25) is 0 Å². The van der Waals surface area contributed by atoms with Crippen LogP contribution < -0.4 is 0 Å². The van der Waals surface area contributed by atoms with Crippen molar-refractivity contribution in [1.82, 2.24) is 9.78 Å². The van der Waals surface area contributed by atoms with E-state index in [1.807, 2.05) is 19.2 Å². The highest BCUT2D eigenvalue weighted by Gasteiger charge is 2.35. The van der Waals surface area contributed by atoms with Gasteiger partial charge >= 0.3 is 0 Å². The second-order valence-corrected chi connectivity index (χ2v) is 6.36. The van der Waals surface area contributed by atoms with Gasteiger partial charge in [-0.2, -0.15) is 5.10 Å². The molecular weight excluding hydrogens is 252 g/mol. The molecule has 1 atom stereocenters. The van der Waals surface area contributed by atoms with Crippen LogP contribution in [0.15, 0.2) is 12.3 Å². The maximum Gasteiger partial charge on any atom is 0.170 e. The summed E-state index contributed by atoms with van der Waals surface area (Å²) in [5.41, 5.74) is 0.298. The van der Waals surface area contributed by atoms with E-state index < -0.39 is 5.60 Å². The molecule has 1 aromatic rings. The molecular formula is C16H24N2O2. The number of carbonyl (C=O) groups excluding carboxylic acids is 1. The molecule has 2 aliphatic rings. The van der Waals surface area contributed by atoms with Gasteiger partial charge in [0.1, 0.15) is 5.60 Å². The van der Waals surface area contributed by atoms with Gasteiger partial charge in [-0.3, -0.25) is 9.48 Å². The molecule has 0 radical (unpaired) electrons. The zero-order chi connectivity index (χ0) is 14.0. The molecule has 4 heteroatoms. The summed E-state index contributed by atoms with van der Waals surface area (Å²) < 4.78 is 7.78. The van der Waals surface area contributed by atoms with Crippen LogP contribution in [0.25, 0.3) is 0 Å². The summed E-state index contributed by atoms with van der Waals surface area (Å²) in [5.74, 6) is 0.175. The zero-order valence-corrected chi connectivity index (χ0v) is 12.3. The third-order valence-electron chi connectivity index (χ3n) is 4.76. The van der Waals surface area contributed by atoms with Crippen molar-refractivity contribution in [3.05, 3.63) is 18.0 Å². The molecule has 0 aromatic carbocycles. The lowest BCUT2D eigenvalue weighted by atomic mass is 9.89. The van der Waals surface area contributed by atoms with E-state index in [0.29, 0.717) is 19.1 Å². The van der Waals surface area contributed by atoms with Crippen LogP contribution >= 0.6 is 0 Å². The Labute approximate surface area is 120 Å². The van der Waals surface area contributed by atoms with E-state index >= 15 is 0 Å². The first-order valence-electron chi connectivity index (χ1n) is 7.89. The van der Waals surface area contributed by atoms with Gasteiger partial charge in [0.25, 0.3) is 0 Å². The number of hydrogen-bond acceptors (Lipinski definition) is 3. The molecule has 20 heavy (non-hydrogen) atoms. The molecule has 1 saturated heterocycles. The minimum Gasteiger partial charge on any atom is -0.367 e. The molecule has 2 fully saturated rings. The van der Waals surface area contributed by atoms with Crippen molar-refractivity contribution in [1.29, 1.82) is 0 Å². The topological polar surface area (TPSA) is 44.1 Å². The number of aromatic nitrogens is 2. The molecule has 0 amide bonds. The summed E-state index contributed by atoms with van der Waals surface area (Å²) in [4.78, 5) is 12.4. The second kappa shape index (κ2) is 5.68. The van der Waals surface area contributed by atoms with Crippen molar-refractivity contribution in [3.63, 3.8) is 0 Å². The van der Waals surface area contributed by atoms with Gasteiger partial charge in [-0.15, -0.1) is 0 Å². The van der Waals surface area contributed by atoms with Gasteiger partial charge in [-0.1, -0.05) is 12.8 Å². The van der Waals surface area contributed by atoms with Crippen LogP contribution in [-0.4, -0.2) is 27.8 Å². The van der Waals surface area contributed by atoms with Crippen molar-refractivity contribution in [2.75, 3.05) is 6.61 Å².